The molecule has 1 fully saturated rings. The molecular formula is C12H20O. The average molecular weight is 180 g/mol. The molecule has 1 N–H and O–H groups in total. The van der Waals surface area contributed by atoms with Crippen LogP contribution in [0.1, 0.15) is 46.0 Å². The van der Waals surface area contributed by atoms with Gasteiger partial charge >= 0.3 is 0 Å². The number of aliphatic hydroxyl groups is 1. The van der Waals surface area contributed by atoms with Crippen LogP contribution in [0, 0.1) is 24.2 Å². The lowest BCUT2D eigenvalue weighted by Crippen LogP contribution is -2.42. The maximum Gasteiger partial charge on any atom is 0.0684 e. The highest BCUT2D eigenvalue weighted by atomic mass is 16.3. The van der Waals surface area contributed by atoms with Crippen molar-refractivity contribution in [1.82, 2.24) is 0 Å². The Balaban J connectivity index is 2.59. The van der Waals surface area contributed by atoms with Crippen LogP contribution in [0.25, 0.3) is 0 Å². The molecule has 0 saturated heterocycles. The van der Waals surface area contributed by atoms with Crippen molar-refractivity contribution in [3.05, 3.63) is 0 Å². The second kappa shape index (κ2) is 4.15. The fraction of sp³-hybridized carbons (Fsp3) is 0.833. The smallest absolute Gasteiger partial charge is 0.0684 e. The van der Waals surface area contributed by atoms with E-state index in [-0.39, 0.29) is 0 Å². The Hall–Kier alpha value is -0.480. The topological polar surface area (TPSA) is 20.2 Å². The third kappa shape index (κ3) is 2.25. The van der Waals surface area contributed by atoms with Gasteiger partial charge in [-0.1, -0.05) is 26.7 Å². The highest BCUT2D eigenvalue weighted by Crippen LogP contribution is 2.40. The molecule has 1 saturated carbocycles. The summed E-state index contributed by atoms with van der Waals surface area (Å²) in [6.07, 6.45) is 10.0. The van der Waals surface area contributed by atoms with E-state index in [4.69, 9.17) is 6.42 Å². The van der Waals surface area contributed by atoms with Crippen LogP contribution in [0.2, 0.25) is 0 Å². The van der Waals surface area contributed by atoms with Crippen LogP contribution in [-0.4, -0.2) is 10.7 Å². The molecule has 1 nitrogen and oxygen atoms in total. The third-order valence-electron chi connectivity index (χ3n) is 3.67. The van der Waals surface area contributed by atoms with Crippen molar-refractivity contribution in [2.24, 2.45) is 11.8 Å². The van der Waals surface area contributed by atoms with Crippen molar-refractivity contribution in [1.29, 1.82) is 0 Å². The third-order valence-corrected chi connectivity index (χ3v) is 3.67. The molecule has 0 spiro atoms. The quantitative estimate of drug-likeness (QED) is 0.648. The molecule has 0 heterocycles. The van der Waals surface area contributed by atoms with Gasteiger partial charge in [-0.15, -0.1) is 12.3 Å². The minimum Gasteiger partial charge on any atom is -0.390 e. The predicted octanol–water partition coefficient (Wildman–Crippen LogP) is 2.59. The second-order valence-electron chi connectivity index (χ2n) is 4.47. The van der Waals surface area contributed by atoms with Crippen LogP contribution >= 0.6 is 0 Å². The van der Waals surface area contributed by atoms with Crippen molar-refractivity contribution in [3.63, 3.8) is 0 Å². The Bertz CT molecular complexity index is 204. The molecule has 0 aromatic carbocycles. The van der Waals surface area contributed by atoms with Crippen molar-refractivity contribution in [2.75, 3.05) is 0 Å². The Morgan fingerprint density at radius 1 is 1.54 bits per heavy atom. The standard InChI is InChI=1S/C12H20O/c1-4-5-8-12(13)9-6-7-10(2)11(12)3/h1,10-11,13H,5-9H2,2-3H3. The van der Waals surface area contributed by atoms with E-state index >= 15 is 0 Å². The van der Waals surface area contributed by atoms with Crippen LogP contribution in [0.4, 0.5) is 0 Å². The molecule has 13 heavy (non-hydrogen) atoms. The fourth-order valence-corrected chi connectivity index (χ4v) is 2.38. The molecule has 0 bridgehead atoms. The van der Waals surface area contributed by atoms with Crippen molar-refractivity contribution in [3.8, 4) is 12.3 Å². The fourth-order valence-electron chi connectivity index (χ4n) is 2.38. The number of hydrogen-bond donors (Lipinski definition) is 1. The molecule has 1 heteroatoms. The molecular weight excluding hydrogens is 160 g/mol. The SMILES string of the molecule is C#CCCC1(O)CCCC(C)C1C. The predicted molar refractivity (Wildman–Crippen MR) is 55.2 cm³/mol. The average Bonchev–Trinajstić information content (AvgIpc) is 2.11. The summed E-state index contributed by atoms with van der Waals surface area (Å²) in [6, 6.07) is 0. The Labute approximate surface area is 81.5 Å². The Morgan fingerprint density at radius 3 is 2.85 bits per heavy atom. The summed E-state index contributed by atoms with van der Waals surface area (Å²) in [5.74, 6) is 3.65. The maximum atomic E-state index is 10.3. The van der Waals surface area contributed by atoms with Crippen LogP contribution in [0.15, 0.2) is 0 Å². The van der Waals surface area contributed by atoms with E-state index in [9.17, 15) is 5.11 Å². The summed E-state index contributed by atoms with van der Waals surface area (Å²) in [5, 5.41) is 10.3. The molecule has 1 aliphatic carbocycles. The lowest BCUT2D eigenvalue weighted by Gasteiger charge is -2.41. The normalized spacial score (nSPS) is 39.8. The number of terminal acetylenes is 1. The van der Waals surface area contributed by atoms with E-state index in [1.165, 1.54) is 6.42 Å². The van der Waals surface area contributed by atoms with E-state index in [2.05, 4.69) is 19.8 Å². The van der Waals surface area contributed by atoms with E-state index in [1.807, 2.05) is 0 Å². The molecule has 0 aromatic rings. The van der Waals surface area contributed by atoms with Gasteiger partial charge in [-0.2, -0.15) is 0 Å². The Morgan fingerprint density at radius 2 is 2.23 bits per heavy atom. The van der Waals surface area contributed by atoms with Crippen molar-refractivity contribution < 1.29 is 5.11 Å². The summed E-state index contributed by atoms with van der Waals surface area (Å²) in [4.78, 5) is 0. The monoisotopic (exact) mass is 180 g/mol. The lowest BCUT2D eigenvalue weighted by atomic mass is 9.69. The first kappa shape index (κ1) is 10.6. The molecule has 0 aliphatic heterocycles. The highest BCUT2D eigenvalue weighted by molar-refractivity contribution is 4.95. The van der Waals surface area contributed by atoms with Crippen molar-refractivity contribution in [2.45, 2.75) is 51.6 Å². The van der Waals surface area contributed by atoms with Gasteiger partial charge in [-0.05, 0) is 24.7 Å². The van der Waals surface area contributed by atoms with Crippen molar-refractivity contribution >= 4 is 0 Å². The zero-order chi connectivity index (χ0) is 9.90. The van der Waals surface area contributed by atoms with Gasteiger partial charge in [0.05, 0.1) is 5.60 Å². The van der Waals surface area contributed by atoms with Crippen LogP contribution in [0.3, 0.4) is 0 Å². The molecule has 0 amide bonds. The summed E-state index contributed by atoms with van der Waals surface area (Å²) in [6.45, 7) is 4.38. The first-order valence-electron chi connectivity index (χ1n) is 5.26. The van der Waals surface area contributed by atoms with Gasteiger partial charge in [-0.3, -0.25) is 0 Å². The van der Waals surface area contributed by atoms with Gasteiger partial charge in [0.2, 0.25) is 0 Å². The summed E-state index contributed by atoms with van der Waals surface area (Å²) >= 11 is 0. The minimum atomic E-state index is -0.482. The molecule has 0 aromatic heterocycles. The van der Waals surface area contributed by atoms with Crippen LogP contribution in [-0.2, 0) is 0 Å². The molecule has 3 atom stereocenters. The molecule has 1 rings (SSSR count). The summed E-state index contributed by atoms with van der Waals surface area (Å²) in [5.41, 5.74) is -0.482. The zero-order valence-corrected chi connectivity index (χ0v) is 8.71. The second-order valence-corrected chi connectivity index (χ2v) is 4.47. The van der Waals surface area contributed by atoms with Gasteiger partial charge in [0, 0.05) is 6.42 Å². The summed E-state index contributed by atoms with van der Waals surface area (Å²) in [7, 11) is 0. The van der Waals surface area contributed by atoms with Gasteiger partial charge in [0.1, 0.15) is 0 Å². The maximum absolute atomic E-state index is 10.3. The van der Waals surface area contributed by atoms with Gasteiger partial charge in [-0.25, -0.2) is 0 Å². The first-order valence-corrected chi connectivity index (χ1v) is 5.26. The van der Waals surface area contributed by atoms with Gasteiger partial charge in [0.15, 0.2) is 0 Å². The number of hydrogen-bond acceptors (Lipinski definition) is 1. The first-order chi connectivity index (χ1) is 6.10. The lowest BCUT2D eigenvalue weighted by molar-refractivity contribution is -0.0676. The Kier molecular flexibility index (Phi) is 3.39. The minimum absolute atomic E-state index is 0.398. The molecule has 1 aliphatic rings. The van der Waals surface area contributed by atoms with E-state index in [1.54, 1.807) is 0 Å². The van der Waals surface area contributed by atoms with E-state index in [0.717, 1.165) is 19.3 Å². The van der Waals surface area contributed by atoms with Gasteiger partial charge in [0.25, 0.3) is 0 Å². The number of rotatable bonds is 2. The van der Waals surface area contributed by atoms with Crippen LogP contribution < -0.4 is 0 Å². The molecule has 0 radical (unpaired) electrons. The largest absolute Gasteiger partial charge is 0.390 e. The van der Waals surface area contributed by atoms with E-state index in [0.29, 0.717) is 18.3 Å². The zero-order valence-electron chi connectivity index (χ0n) is 8.71. The van der Waals surface area contributed by atoms with Crippen LogP contribution in [0.5, 0.6) is 0 Å². The molecule has 74 valence electrons. The highest BCUT2D eigenvalue weighted by Gasteiger charge is 2.38. The summed E-state index contributed by atoms with van der Waals surface area (Å²) < 4.78 is 0. The van der Waals surface area contributed by atoms with Gasteiger partial charge < -0.3 is 5.11 Å². The molecule has 3 unspecified atom stereocenters. The van der Waals surface area contributed by atoms with E-state index < -0.39 is 5.60 Å².